The summed E-state index contributed by atoms with van der Waals surface area (Å²) >= 11 is 0. The van der Waals surface area contributed by atoms with Crippen LogP contribution in [0.1, 0.15) is 30.3 Å². The number of hydrogen-bond donors (Lipinski definition) is 1. The lowest BCUT2D eigenvalue weighted by atomic mass is 10.1. The molecule has 0 saturated heterocycles. The number of nitrogens with one attached hydrogen (secondary N) is 1. The van der Waals surface area contributed by atoms with Crippen LogP contribution in [0.2, 0.25) is 0 Å². The highest BCUT2D eigenvalue weighted by molar-refractivity contribution is 6.03. The van der Waals surface area contributed by atoms with Crippen molar-refractivity contribution in [3.05, 3.63) is 59.4 Å². The number of benzene rings is 2. The quantitative estimate of drug-likeness (QED) is 0.663. The summed E-state index contributed by atoms with van der Waals surface area (Å²) in [6.07, 6.45) is -0.121. The van der Waals surface area contributed by atoms with Gasteiger partial charge in [0.15, 0.2) is 6.10 Å². The van der Waals surface area contributed by atoms with Crippen molar-refractivity contribution in [1.82, 2.24) is 9.78 Å². The van der Waals surface area contributed by atoms with Gasteiger partial charge in [0, 0.05) is 30.2 Å². The molecule has 6 heteroatoms. The van der Waals surface area contributed by atoms with Gasteiger partial charge < -0.3 is 10.1 Å². The van der Waals surface area contributed by atoms with Crippen LogP contribution in [0.5, 0.6) is 0 Å². The number of fused-ring (bicyclic) bond motifs is 1. The van der Waals surface area contributed by atoms with Crippen molar-refractivity contribution in [2.75, 3.05) is 5.32 Å². The molecule has 6 nitrogen and oxygen atoms in total. The Hall–Kier alpha value is -3.15. The maximum absolute atomic E-state index is 12.5. The van der Waals surface area contributed by atoms with E-state index in [1.807, 2.05) is 63.4 Å². The highest BCUT2D eigenvalue weighted by Crippen LogP contribution is 2.23. The number of amides is 1. The van der Waals surface area contributed by atoms with Gasteiger partial charge in [-0.1, -0.05) is 36.4 Å². The number of rotatable bonds is 6. The molecule has 0 aliphatic rings. The highest BCUT2D eigenvalue weighted by atomic mass is 16.5. The average Bonchev–Trinajstić information content (AvgIpc) is 2.92. The van der Waals surface area contributed by atoms with E-state index in [4.69, 9.17) is 4.74 Å². The molecule has 1 N–H and O–H groups in total. The first-order chi connectivity index (χ1) is 13.4. The number of carbonyl (C=O) groups is 2. The van der Waals surface area contributed by atoms with Gasteiger partial charge in [0.25, 0.3) is 5.91 Å². The Morgan fingerprint density at radius 3 is 2.57 bits per heavy atom. The van der Waals surface area contributed by atoms with Gasteiger partial charge in [-0.15, -0.1) is 0 Å². The van der Waals surface area contributed by atoms with Crippen LogP contribution in [0.25, 0.3) is 10.8 Å². The van der Waals surface area contributed by atoms with Crippen molar-refractivity contribution in [3.8, 4) is 0 Å². The molecule has 1 amide bonds. The SMILES string of the molecule is Cc1nn(C)c(C)c1CCC(=O)OC(C)C(=O)Nc1cccc2ccccc12. The fraction of sp³-hybridized carbons (Fsp3) is 0.318. The molecule has 1 unspecified atom stereocenters. The number of carbonyl (C=O) groups excluding carboxylic acids is 2. The number of aromatic nitrogens is 2. The van der Waals surface area contributed by atoms with Crippen LogP contribution in [0.15, 0.2) is 42.5 Å². The predicted molar refractivity (Wildman–Crippen MR) is 109 cm³/mol. The van der Waals surface area contributed by atoms with Gasteiger partial charge >= 0.3 is 5.97 Å². The Bertz CT molecular complexity index is 1020. The Balaban J connectivity index is 1.58. The summed E-state index contributed by atoms with van der Waals surface area (Å²) in [7, 11) is 1.88. The van der Waals surface area contributed by atoms with Crippen molar-refractivity contribution in [3.63, 3.8) is 0 Å². The predicted octanol–water partition coefficient (Wildman–Crippen LogP) is 3.69. The summed E-state index contributed by atoms with van der Waals surface area (Å²) < 4.78 is 7.13. The van der Waals surface area contributed by atoms with Gasteiger partial charge in [-0.2, -0.15) is 5.10 Å². The van der Waals surface area contributed by atoms with Gasteiger partial charge in [0.2, 0.25) is 0 Å². The van der Waals surface area contributed by atoms with Gasteiger partial charge in [-0.3, -0.25) is 14.3 Å². The van der Waals surface area contributed by atoms with Crippen LogP contribution in [0, 0.1) is 13.8 Å². The molecular formula is C22H25N3O3. The van der Waals surface area contributed by atoms with E-state index in [9.17, 15) is 9.59 Å². The zero-order valence-electron chi connectivity index (χ0n) is 16.7. The van der Waals surface area contributed by atoms with Gasteiger partial charge in [-0.05, 0) is 44.2 Å². The van der Waals surface area contributed by atoms with E-state index in [0.717, 1.165) is 27.7 Å². The third kappa shape index (κ3) is 4.22. The lowest BCUT2D eigenvalue weighted by molar-refractivity contribution is -0.153. The molecule has 0 saturated carbocycles. The summed E-state index contributed by atoms with van der Waals surface area (Å²) in [6.45, 7) is 5.48. The van der Waals surface area contributed by atoms with Crippen LogP contribution in [-0.2, 0) is 27.8 Å². The second-order valence-corrected chi connectivity index (χ2v) is 6.92. The normalized spacial score (nSPS) is 12.0. The van der Waals surface area contributed by atoms with Crippen LogP contribution >= 0.6 is 0 Å². The molecule has 3 rings (SSSR count). The first-order valence-corrected chi connectivity index (χ1v) is 9.34. The summed E-state index contributed by atoms with van der Waals surface area (Å²) in [5, 5.41) is 9.18. The second kappa shape index (κ2) is 8.25. The number of nitrogens with zero attached hydrogens (tertiary/aromatic N) is 2. The zero-order valence-corrected chi connectivity index (χ0v) is 16.7. The van der Waals surface area contributed by atoms with E-state index in [1.165, 1.54) is 0 Å². The summed E-state index contributed by atoms with van der Waals surface area (Å²) in [4.78, 5) is 24.7. The van der Waals surface area contributed by atoms with Gasteiger partial charge in [0.05, 0.1) is 5.69 Å². The monoisotopic (exact) mass is 379 g/mol. The van der Waals surface area contributed by atoms with E-state index < -0.39 is 12.1 Å². The van der Waals surface area contributed by atoms with Crippen LogP contribution in [-0.4, -0.2) is 27.8 Å². The molecule has 0 aliphatic heterocycles. The zero-order chi connectivity index (χ0) is 20.3. The number of esters is 1. The molecule has 0 radical (unpaired) electrons. The Morgan fingerprint density at radius 1 is 1.14 bits per heavy atom. The van der Waals surface area contributed by atoms with Crippen molar-refractivity contribution in [2.45, 2.75) is 39.7 Å². The average molecular weight is 379 g/mol. The van der Waals surface area contributed by atoms with Crippen LogP contribution in [0.4, 0.5) is 5.69 Å². The molecule has 1 aromatic heterocycles. The first-order valence-electron chi connectivity index (χ1n) is 9.34. The molecule has 2 aromatic carbocycles. The smallest absolute Gasteiger partial charge is 0.306 e. The molecule has 0 bridgehead atoms. The van der Waals surface area contributed by atoms with Crippen LogP contribution < -0.4 is 5.32 Å². The second-order valence-electron chi connectivity index (χ2n) is 6.92. The lowest BCUT2D eigenvalue weighted by Crippen LogP contribution is -2.30. The number of anilines is 1. The number of hydrogen-bond acceptors (Lipinski definition) is 4. The summed E-state index contributed by atoms with van der Waals surface area (Å²) in [5.41, 5.74) is 3.70. The van der Waals surface area contributed by atoms with Crippen molar-refractivity contribution in [1.29, 1.82) is 0 Å². The third-order valence-corrected chi connectivity index (χ3v) is 4.96. The Labute approximate surface area is 164 Å². The van der Waals surface area contributed by atoms with E-state index in [-0.39, 0.29) is 12.3 Å². The van der Waals surface area contributed by atoms with E-state index >= 15 is 0 Å². The Kier molecular flexibility index (Phi) is 5.78. The molecule has 3 aromatic rings. The van der Waals surface area contributed by atoms with E-state index in [1.54, 1.807) is 11.6 Å². The minimum absolute atomic E-state index is 0.208. The largest absolute Gasteiger partial charge is 0.453 e. The first kappa shape index (κ1) is 19.6. The minimum atomic E-state index is -0.873. The summed E-state index contributed by atoms with van der Waals surface area (Å²) in [6, 6.07) is 13.5. The molecule has 0 spiro atoms. The third-order valence-electron chi connectivity index (χ3n) is 4.96. The van der Waals surface area contributed by atoms with Crippen molar-refractivity contribution in [2.24, 2.45) is 7.05 Å². The summed E-state index contributed by atoms with van der Waals surface area (Å²) in [5.74, 6) is -0.748. The topological polar surface area (TPSA) is 73.2 Å². The fourth-order valence-electron chi connectivity index (χ4n) is 3.28. The lowest BCUT2D eigenvalue weighted by Gasteiger charge is -2.15. The molecule has 146 valence electrons. The molecule has 28 heavy (non-hydrogen) atoms. The van der Waals surface area contributed by atoms with Crippen molar-refractivity contribution >= 4 is 28.3 Å². The van der Waals surface area contributed by atoms with Gasteiger partial charge in [0.1, 0.15) is 0 Å². The van der Waals surface area contributed by atoms with Gasteiger partial charge in [-0.25, -0.2) is 0 Å². The molecule has 1 atom stereocenters. The van der Waals surface area contributed by atoms with E-state index in [0.29, 0.717) is 12.1 Å². The standard InChI is InChI=1S/C22H25N3O3/c1-14-18(15(2)25(4)24-14)12-13-21(26)28-16(3)22(27)23-20-11-7-9-17-8-5-6-10-19(17)20/h5-11,16H,12-13H2,1-4H3,(H,23,27). The molecule has 0 fully saturated rings. The number of aryl methyl sites for hydroxylation is 2. The highest BCUT2D eigenvalue weighted by Gasteiger charge is 2.19. The molecular weight excluding hydrogens is 354 g/mol. The Morgan fingerprint density at radius 2 is 1.86 bits per heavy atom. The molecule has 0 aliphatic carbocycles. The minimum Gasteiger partial charge on any atom is -0.453 e. The number of ether oxygens (including phenoxy) is 1. The van der Waals surface area contributed by atoms with Crippen LogP contribution in [0.3, 0.4) is 0 Å². The fourth-order valence-corrected chi connectivity index (χ4v) is 3.28. The van der Waals surface area contributed by atoms with E-state index in [2.05, 4.69) is 10.4 Å². The van der Waals surface area contributed by atoms with Crippen molar-refractivity contribution < 1.29 is 14.3 Å². The maximum Gasteiger partial charge on any atom is 0.306 e. The molecule has 1 heterocycles. The maximum atomic E-state index is 12.5.